The van der Waals surface area contributed by atoms with Gasteiger partial charge in [-0.25, -0.2) is 0 Å². The Balaban J connectivity index is 1.48. The van der Waals surface area contributed by atoms with Crippen molar-refractivity contribution in [3.8, 4) is 0 Å². The lowest BCUT2D eigenvalue weighted by Crippen LogP contribution is -2.41. The standard InChI is InChI=1S/C27H29N3OS/c1-20(19-29-16-7-8-17-29)30-23-13-5-6-14-24(23)32-25-15-9-12-22(26(25)30)27(31)28-18-21-10-3-2-4-11-21/h2-6,9-15,20H,7-8,16-19H2,1H3,(H,28,31). The molecule has 0 aliphatic carbocycles. The second-order valence-electron chi connectivity index (χ2n) is 8.62. The van der Waals surface area contributed by atoms with E-state index in [0.717, 1.165) is 28.3 Å². The summed E-state index contributed by atoms with van der Waals surface area (Å²) in [6.45, 7) is 6.14. The van der Waals surface area contributed by atoms with Crippen LogP contribution in [0.25, 0.3) is 0 Å². The number of rotatable bonds is 6. The van der Waals surface area contributed by atoms with Crippen molar-refractivity contribution in [2.24, 2.45) is 0 Å². The molecule has 0 radical (unpaired) electrons. The van der Waals surface area contributed by atoms with Crippen LogP contribution in [-0.4, -0.2) is 36.5 Å². The maximum absolute atomic E-state index is 13.4. The van der Waals surface area contributed by atoms with Crippen LogP contribution in [0.3, 0.4) is 0 Å². The molecule has 0 aromatic heterocycles. The van der Waals surface area contributed by atoms with Crippen LogP contribution in [0, 0.1) is 0 Å². The van der Waals surface area contributed by atoms with Crippen LogP contribution < -0.4 is 10.2 Å². The molecular formula is C27H29N3OS. The van der Waals surface area contributed by atoms with Gasteiger partial charge in [0, 0.05) is 28.9 Å². The number of fused-ring (bicyclic) bond motifs is 2. The summed E-state index contributed by atoms with van der Waals surface area (Å²) in [4.78, 5) is 20.7. The fourth-order valence-corrected chi connectivity index (χ4v) is 5.88. The van der Waals surface area contributed by atoms with E-state index in [9.17, 15) is 4.79 Å². The van der Waals surface area contributed by atoms with Gasteiger partial charge >= 0.3 is 0 Å². The van der Waals surface area contributed by atoms with Gasteiger partial charge in [0.25, 0.3) is 5.91 Å². The Kier molecular flexibility index (Phi) is 6.19. The lowest BCUT2D eigenvalue weighted by atomic mass is 10.1. The van der Waals surface area contributed by atoms with Crippen LogP contribution in [-0.2, 0) is 6.54 Å². The van der Waals surface area contributed by atoms with Crippen molar-refractivity contribution >= 4 is 29.0 Å². The van der Waals surface area contributed by atoms with Crippen molar-refractivity contribution in [1.82, 2.24) is 10.2 Å². The third-order valence-corrected chi connectivity index (χ3v) is 7.40. The molecule has 2 aliphatic rings. The average Bonchev–Trinajstić information content (AvgIpc) is 3.34. The summed E-state index contributed by atoms with van der Waals surface area (Å²) in [6, 6.07) is 25.0. The third kappa shape index (κ3) is 4.27. The van der Waals surface area contributed by atoms with Gasteiger partial charge in [-0.3, -0.25) is 4.79 Å². The van der Waals surface area contributed by atoms with Crippen LogP contribution in [0.2, 0.25) is 0 Å². The number of nitrogens with one attached hydrogen (secondary N) is 1. The second kappa shape index (κ2) is 9.39. The fraction of sp³-hybridized carbons (Fsp3) is 0.296. The van der Waals surface area contributed by atoms with Crippen LogP contribution in [0.4, 0.5) is 11.4 Å². The first-order valence-electron chi connectivity index (χ1n) is 11.4. The molecule has 1 N–H and O–H groups in total. The van der Waals surface area contributed by atoms with E-state index < -0.39 is 0 Å². The van der Waals surface area contributed by atoms with Crippen molar-refractivity contribution in [3.05, 3.63) is 83.9 Å². The minimum atomic E-state index is -0.0240. The zero-order chi connectivity index (χ0) is 21.9. The first kappa shape index (κ1) is 21.1. The van der Waals surface area contributed by atoms with Crippen molar-refractivity contribution in [3.63, 3.8) is 0 Å². The molecule has 5 heteroatoms. The Hall–Kier alpha value is -2.76. The molecule has 3 aromatic rings. The minimum absolute atomic E-state index is 0.0240. The van der Waals surface area contributed by atoms with Crippen molar-refractivity contribution in [1.29, 1.82) is 0 Å². The molecule has 2 aliphatic heterocycles. The Morgan fingerprint density at radius 1 is 0.938 bits per heavy atom. The Bertz CT molecular complexity index is 1100. The predicted molar refractivity (Wildman–Crippen MR) is 132 cm³/mol. The number of anilines is 2. The van der Waals surface area contributed by atoms with Crippen molar-refractivity contribution in [2.75, 3.05) is 24.5 Å². The second-order valence-corrected chi connectivity index (χ2v) is 9.70. The molecule has 2 heterocycles. The van der Waals surface area contributed by atoms with Gasteiger partial charge in [0.15, 0.2) is 0 Å². The number of para-hydroxylation sites is 2. The summed E-state index contributed by atoms with van der Waals surface area (Å²) in [5, 5.41) is 3.14. The number of amides is 1. The molecule has 1 unspecified atom stereocenters. The molecule has 0 spiro atoms. The van der Waals surface area contributed by atoms with Gasteiger partial charge in [0.2, 0.25) is 0 Å². The zero-order valence-electron chi connectivity index (χ0n) is 18.5. The van der Waals surface area contributed by atoms with Gasteiger partial charge < -0.3 is 15.1 Å². The Morgan fingerprint density at radius 2 is 1.66 bits per heavy atom. The van der Waals surface area contributed by atoms with Gasteiger partial charge in [0.1, 0.15) is 0 Å². The number of nitrogens with zero attached hydrogens (tertiary/aromatic N) is 2. The van der Waals surface area contributed by atoms with Gasteiger partial charge in [-0.1, -0.05) is 60.3 Å². The van der Waals surface area contributed by atoms with E-state index >= 15 is 0 Å². The van der Waals surface area contributed by atoms with E-state index in [-0.39, 0.29) is 11.9 Å². The molecule has 164 valence electrons. The number of carbonyl (C=O) groups is 1. The van der Waals surface area contributed by atoms with Crippen LogP contribution >= 0.6 is 11.8 Å². The Labute approximate surface area is 194 Å². The normalized spacial score (nSPS) is 16.3. The zero-order valence-corrected chi connectivity index (χ0v) is 19.3. The number of likely N-dealkylation sites (tertiary alicyclic amines) is 1. The van der Waals surface area contributed by atoms with E-state index in [0.29, 0.717) is 6.54 Å². The molecule has 5 rings (SSSR count). The lowest BCUT2D eigenvalue weighted by Gasteiger charge is -2.39. The van der Waals surface area contributed by atoms with Crippen molar-refractivity contribution in [2.45, 2.75) is 42.1 Å². The van der Waals surface area contributed by atoms with Crippen LogP contribution in [0.1, 0.15) is 35.7 Å². The number of carbonyl (C=O) groups excluding carboxylic acids is 1. The van der Waals surface area contributed by atoms with Gasteiger partial charge in [-0.05, 0) is 62.7 Å². The predicted octanol–water partition coefficient (Wildman–Crippen LogP) is 5.70. The van der Waals surface area contributed by atoms with Gasteiger partial charge in [-0.15, -0.1) is 0 Å². The van der Waals surface area contributed by atoms with E-state index in [4.69, 9.17) is 0 Å². The highest BCUT2D eigenvalue weighted by molar-refractivity contribution is 7.99. The lowest BCUT2D eigenvalue weighted by molar-refractivity contribution is 0.0951. The first-order valence-corrected chi connectivity index (χ1v) is 12.3. The highest BCUT2D eigenvalue weighted by Crippen LogP contribution is 2.50. The van der Waals surface area contributed by atoms with E-state index in [2.05, 4.69) is 52.4 Å². The number of benzene rings is 3. The topological polar surface area (TPSA) is 35.6 Å². The first-order chi connectivity index (χ1) is 15.7. The molecular weight excluding hydrogens is 414 g/mol. The summed E-state index contributed by atoms with van der Waals surface area (Å²) in [5.41, 5.74) is 4.08. The summed E-state index contributed by atoms with van der Waals surface area (Å²) in [5.74, 6) is -0.0240. The summed E-state index contributed by atoms with van der Waals surface area (Å²) in [6.07, 6.45) is 2.56. The van der Waals surface area contributed by atoms with Crippen LogP contribution in [0.15, 0.2) is 82.6 Å². The molecule has 4 nitrogen and oxygen atoms in total. The number of hydrogen-bond acceptors (Lipinski definition) is 4. The van der Waals surface area contributed by atoms with Gasteiger partial charge in [0.05, 0.1) is 16.9 Å². The monoisotopic (exact) mass is 443 g/mol. The molecule has 3 aromatic carbocycles. The molecule has 0 saturated carbocycles. The maximum atomic E-state index is 13.4. The molecule has 1 fully saturated rings. The number of hydrogen-bond donors (Lipinski definition) is 1. The van der Waals surface area contributed by atoms with E-state index in [1.807, 2.05) is 42.5 Å². The quantitative estimate of drug-likeness (QED) is 0.530. The SMILES string of the molecule is CC(CN1CCCC1)N1c2ccccc2Sc2cccc(C(=O)NCc3ccccc3)c21. The maximum Gasteiger partial charge on any atom is 0.253 e. The average molecular weight is 444 g/mol. The highest BCUT2D eigenvalue weighted by atomic mass is 32.2. The molecule has 1 saturated heterocycles. The van der Waals surface area contributed by atoms with Crippen LogP contribution in [0.5, 0.6) is 0 Å². The summed E-state index contributed by atoms with van der Waals surface area (Å²) in [7, 11) is 0. The fourth-order valence-electron chi connectivity index (χ4n) is 4.77. The highest BCUT2D eigenvalue weighted by Gasteiger charge is 2.32. The third-order valence-electron chi connectivity index (χ3n) is 6.29. The molecule has 0 bridgehead atoms. The van der Waals surface area contributed by atoms with Gasteiger partial charge in [-0.2, -0.15) is 0 Å². The molecule has 1 atom stereocenters. The smallest absolute Gasteiger partial charge is 0.253 e. The van der Waals surface area contributed by atoms with Crippen molar-refractivity contribution < 1.29 is 4.79 Å². The Morgan fingerprint density at radius 3 is 2.47 bits per heavy atom. The summed E-state index contributed by atoms with van der Waals surface area (Å²) >= 11 is 1.76. The molecule has 32 heavy (non-hydrogen) atoms. The van der Waals surface area contributed by atoms with E-state index in [1.165, 1.54) is 36.5 Å². The largest absolute Gasteiger partial charge is 0.348 e. The summed E-state index contributed by atoms with van der Waals surface area (Å²) < 4.78 is 0. The minimum Gasteiger partial charge on any atom is -0.348 e. The molecule has 1 amide bonds. The van der Waals surface area contributed by atoms with E-state index in [1.54, 1.807) is 11.8 Å².